The quantitative estimate of drug-likeness (QED) is 0.827. The van der Waals surface area contributed by atoms with Crippen LogP contribution in [0.5, 0.6) is 17.2 Å². The molecule has 0 saturated heterocycles. The maximum atomic E-state index is 11.0. The van der Waals surface area contributed by atoms with Crippen LogP contribution in [0.15, 0.2) is 10.5 Å². The molecular weight excluding hydrogens is 280 g/mol. The number of fused-ring (bicyclic) bond motifs is 1. The minimum absolute atomic E-state index is 0.0886. The van der Waals surface area contributed by atoms with Crippen molar-refractivity contribution in [2.45, 2.75) is 6.42 Å². The molecule has 0 fully saturated rings. The van der Waals surface area contributed by atoms with Crippen molar-refractivity contribution in [2.75, 3.05) is 13.2 Å². The van der Waals surface area contributed by atoms with Crippen LogP contribution in [-0.4, -0.2) is 29.4 Å². The number of halogens is 1. The van der Waals surface area contributed by atoms with Gasteiger partial charge in [-0.15, -0.1) is 0 Å². The highest BCUT2D eigenvalue weighted by molar-refractivity contribution is 9.10. The zero-order valence-corrected chi connectivity index (χ0v) is 9.78. The van der Waals surface area contributed by atoms with Gasteiger partial charge in [-0.1, -0.05) is 0 Å². The lowest BCUT2D eigenvalue weighted by Gasteiger charge is -2.12. The monoisotopic (exact) mass is 288 g/mol. The molecule has 86 valence electrons. The molecule has 1 aromatic carbocycles. The Morgan fingerprint density at radius 3 is 2.75 bits per heavy atom. The fourth-order valence-electron chi connectivity index (χ4n) is 1.46. The van der Waals surface area contributed by atoms with Crippen LogP contribution in [0.25, 0.3) is 0 Å². The number of hydrogen-bond donors (Lipinski definition) is 2. The number of aromatic hydroxyl groups is 1. The second-order valence-corrected chi connectivity index (χ2v) is 4.12. The number of aromatic carboxylic acids is 1. The molecule has 2 N–H and O–H groups in total. The lowest BCUT2D eigenvalue weighted by atomic mass is 10.1. The Bertz CT molecular complexity index is 443. The van der Waals surface area contributed by atoms with E-state index in [1.807, 2.05) is 0 Å². The zero-order valence-electron chi connectivity index (χ0n) is 8.20. The molecule has 0 bridgehead atoms. The Labute approximate surface area is 99.7 Å². The number of benzene rings is 1. The van der Waals surface area contributed by atoms with E-state index in [-0.39, 0.29) is 21.5 Å². The SMILES string of the molecule is O=C(O)c1c(O)c(Br)cc2c1OCCCO2. The van der Waals surface area contributed by atoms with Gasteiger partial charge in [0.05, 0.1) is 17.7 Å². The maximum absolute atomic E-state index is 11.0. The van der Waals surface area contributed by atoms with E-state index < -0.39 is 5.97 Å². The van der Waals surface area contributed by atoms with Crippen LogP contribution in [0.3, 0.4) is 0 Å². The van der Waals surface area contributed by atoms with Gasteiger partial charge < -0.3 is 19.7 Å². The summed E-state index contributed by atoms with van der Waals surface area (Å²) in [5.41, 5.74) is -0.272. The van der Waals surface area contributed by atoms with Crippen LogP contribution in [0, 0.1) is 0 Å². The molecule has 1 aliphatic rings. The van der Waals surface area contributed by atoms with Crippen LogP contribution in [0.4, 0.5) is 0 Å². The molecular formula is C10H9BrO5. The van der Waals surface area contributed by atoms with Crippen molar-refractivity contribution in [3.05, 3.63) is 16.1 Å². The highest BCUT2D eigenvalue weighted by atomic mass is 79.9. The molecule has 16 heavy (non-hydrogen) atoms. The van der Waals surface area contributed by atoms with Gasteiger partial charge in [-0.2, -0.15) is 0 Å². The van der Waals surface area contributed by atoms with Crippen LogP contribution >= 0.6 is 15.9 Å². The number of carboxylic acid groups (broad SMARTS) is 1. The van der Waals surface area contributed by atoms with Crippen molar-refractivity contribution in [1.82, 2.24) is 0 Å². The molecule has 0 aromatic heterocycles. The molecule has 0 radical (unpaired) electrons. The van der Waals surface area contributed by atoms with E-state index in [1.54, 1.807) is 0 Å². The summed E-state index contributed by atoms with van der Waals surface area (Å²) in [6.07, 6.45) is 0.673. The van der Waals surface area contributed by atoms with Gasteiger partial charge >= 0.3 is 5.97 Å². The summed E-state index contributed by atoms with van der Waals surface area (Å²) in [6.45, 7) is 0.831. The van der Waals surface area contributed by atoms with E-state index in [0.717, 1.165) is 0 Å². The Morgan fingerprint density at radius 2 is 2.06 bits per heavy atom. The lowest BCUT2D eigenvalue weighted by Crippen LogP contribution is -2.04. The van der Waals surface area contributed by atoms with E-state index >= 15 is 0 Å². The van der Waals surface area contributed by atoms with Gasteiger partial charge in [0.2, 0.25) is 0 Å². The Balaban J connectivity index is 2.65. The van der Waals surface area contributed by atoms with Crippen LogP contribution < -0.4 is 9.47 Å². The van der Waals surface area contributed by atoms with Crippen molar-refractivity contribution in [2.24, 2.45) is 0 Å². The van der Waals surface area contributed by atoms with Crippen LogP contribution in [-0.2, 0) is 0 Å². The van der Waals surface area contributed by atoms with Gasteiger partial charge in [0.1, 0.15) is 11.3 Å². The second-order valence-electron chi connectivity index (χ2n) is 3.26. The summed E-state index contributed by atoms with van der Waals surface area (Å²) in [5.74, 6) is -1.18. The molecule has 0 atom stereocenters. The second kappa shape index (κ2) is 4.21. The van der Waals surface area contributed by atoms with Crippen LogP contribution in [0.1, 0.15) is 16.8 Å². The van der Waals surface area contributed by atoms with Gasteiger partial charge in [-0.25, -0.2) is 4.79 Å². The predicted octanol–water partition coefficient (Wildman–Crippen LogP) is 2.01. The maximum Gasteiger partial charge on any atom is 0.343 e. The third-order valence-electron chi connectivity index (χ3n) is 2.18. The molecule has 1 aromatic rings. The van der Waals surface area contributed by atoms with E-state index in [1.165, 1.54) is 6.07 Å². The molecule has 0 aliphatic carbocycles. The van der Waals surface area contributed by atoms with Crippen molar-refractivity contribution >= 4 is 21.9 Å². The summed E-state index contributed by atoms with van der Waals surface area (Å²) in [4.78, 5) is 11.0. The van der Waals surface area contributed by atoms with E-state index in [0.29, 0.717) is 25.4 Å². The fraction of sp³-hybridized carbons (Fsp3) is 0.300. The molecule has 5 nitrogen and oxygen atoms in total. The topological polar surface area (TPSA) is 76.0 Å². The van der Waals surface area contributed by atoms with Crippen molar-refractivity contribution in [1.29, 1.82) is 0 Å². The minimum atomic E-state index is -1.25. The lowest BCUT2D eigenvalue weighted by molar-refractivity contribution is 0.0688. The molecule has 0 amide bonds. The Hall–Kier alpha value is -1.43. The molecule has 1 heterocycles. The minimum Gasteiger partial charge on any atom is -0.506 e. The first-order valence-electron chi connectivity index (χ1n) is 4.65. The van der Waals surface area contributed by atoms with Gasteiger partial charge in [-0.3, -0.25) is 0 Å². The van der Waals surface area contributed by atoms with Crippen molar-refractivity contribution < 1.29 is 24.5 Å². The number of rotatable bonds is 1. The molecule has 0 spiro atoms. The Morgan fingerprint density at radius 1 is 1.38 bits per heavy atom. The summed E-state index contributed by atoms with van der Waals surface area (Å²) in [5, 5.41) is 18.7. The molecule has 1 aliphatic heterocycles. The number of hydrogen-bond acceptors (Lipinski definition) is 4. The zero-order chi connectivity index (χ0) is 11.7. The highest BCUT2D eigenvalue weighted by Gasteiger charge is 2.25. The first-order chi connectivity index (χ1) is 7.61. The van der Waals surface area contributed by atoms with Gasteiger partial charge in [0.15, 0.2) is 11.5 Å². The first-order valence-corrected chi connectivity index (χ1v) is 5.45. The number of carbonyl (C=O) groups is 1. The molecule has 0 saturated carbocycles. The van der Waals surface area contributed by atoms with Crippen molar-refractivity contribution in [3.63, 3.8) is 0 Å². The summed E-state index contributed by atoms with van der Waals surface area (Å²) in [6, 6.07) is 1.50. The standard InChI is InChI=1S/C10H9BrO5/c11-5-4-6-9(16-3-1-2-15-6)7(8(5)12)10(13)14/h4,12H,1-3H2,(H,13,14). The first kappa shape index (κ1) is 11.1. The number of phenols is 1. The summed E-state index contributed by atoms with van der Waals surface area (Å²) in [7, 11) is 0. The number of carboxylic acids is 1. The molecule has 0 unspecified atom stereocenters. The fourth-order valence-corrected chi connectivity index (χ4v) is 1.87. The predicted molar refractivity (Wildman–Crippen MR) is 58.4 cm³/mol. The summed E-state index contributed by atoms with van der Waals surface area (Å²) >= 11 is 3.07. The van der Waals surface area contributed by atoms with Gasteiger partial charge in [0, 0.05) is 12.5 Å². The average Bonchev–Trinajstić information content (AvgIpc) is 2.44. The number of ether oxygens (including phenoxy) is 2. The Kier molecular flexibility index (Phi) is 2.91. The third-order valence-corrected chi connectivity index (χ3v) is 2.78. The smallest absolute Gasteiger partial charge is 0.343 e. The largest absolute Gasteiger partial charge is 0.506 e. The summed E-state index contributed by atoms with van der Waals surface area (Å²) < 4.78 is 10.9. The molecule has 6 heteroatoms. The van der Waals surface area contributed by atoms with Gasteiger partial charge in [0.25, 0.3) is 0 Å². The van der Waals surface area contributed by atoms with E-state index in [9.17, 15) is 9.90 Å². The average molecular weight is 289 g/mol. The third kappa shape index (κ3) is 1.80. The van der Waals surface area contributed by atoms with Crippen LogP contribution in [0.2, 0.25) is 0 Å². The van der Waals surface area contributed by atoms with Gasteiger partial charge in [-0.05, 0) is 15.9 Å². The van der Waals surface area contributed by atoms with Crippen molar-refractivity contribution in [3.8, 4) is 17.2 Å². The van der Waals surface area contributed by atoms with E-state index in [4.69, 9.17) is 14.6 Å². The highest BCUT2D eigenvalue weighted by Crippen LogP contribution is 2.43. The van der Waals surface area contributed by atoms with E-state index in [2.05, 4.69) is 15.9 Å². The normalized spacial score (nSPS) is 14.3. The molecule has 2 rings (SSSR count).